The SMILES string of the molecule is CCCCCCn1c(=O)c(C(=O)Nc2cccnc2)c(O)c2ccccc21. The first-order valence-electron chi connectivity index (χ1n) is 9.19. The third-order valence-electron chi connectivity index (χ3n) is 4.53. The molecular formula is C21H23N3O3. The molecule has 0 bridgehead atoms. The lowest BCUT2D eigenvalue weighted by Crippen LogP contribution is -2.30. The molecule has 0 radical (unpaired) electrons. The Morgan fingerprint density at radius 2 is 1.96 bits per heavy atom. The lowest BCUT2D eigenvalue weighted by atomic mass is 10.1. The molecule has 3 aromatic rings. The van der Waals surface area contributed by atoms with Gasteiger partial charge in [0.05, 0.1) is 17.4 Å². The number of benzene rings is 1. The largest absolute Gasteiger partial charge is 0.506 e. The topological polar surface area (TPSA) is 84.2 Å². The van der Waals surface area contributed by atoms with Gasteiger partial charge in [0, 0.05) is 18.1 Å². The molecule has 0 aliphatic carbocycles. The van der Waals surface area contributed by atoms with Crippen LogP contribution in [0.5, 0.6) is 5.75 Å². The van der Waals surface area contributed by atoms with Gasteiger partial charge in [-0.15, -0.1) is 0 Å². The second kappa shape index (κ2) is 8.49. The quantitative estimate of drug-likeness (QED) is 0.621. The zero-order valence-corrected chi connectivity index (χ0v) is 15.3. The van der Waals surface area contributed by atoms with Gasteiger partial charge in [-0.05, 0) is 30.7 Å². The molecular weight excluding hydrogens is 342 g/mol. The molecule has 2 aromatic heterocycles. The molecule has 0 fully saturated rings. The Kier molecular flexibility index (Phi) is 5.86. The number of fused-ring (bicyclic) bond motifs is 1. The zero-order valence-electron chi connectivity index (χ0n) is 15.3. The summed E-state index contributed by atoms with van der Waals surface area (Å²) < 4.78 is 1.59. The molecule has 0 saturated heterocycles. The minimum absolute atomic E-state index is 0.243. The van der Waals surface area contributed by atoms with Crippen LogP contribution in [-0.2, 0) is 6.54 Å². The average molecular weight is 365 g/mol. The lowest BCUT2D eigenvalue weighted by Gasteiger charge is -2.15. The van der Waals surface area contributed by atoms with Crippen molar-refractivity contribution >= 4 is 22.5 Å². The third-order valence-corrected chi connectivity index (χ3v) is 4.53. The van der Waals surface area contributed by atoms with E-state index in [4.69, 9.17) is 0 Å². The minimum atomic E-state index is -0.640. The van der Waals surface area contributed by atoms with Gasteiger partial charge in [0.1, 0.15) is 11.3 Å². The van der Waals surface area contributed by atoms with E-state index in [1.165, 1.54) is 6.20 Å². The molecule has 2 heterocycles. The Labute approximate surface area is 157 Å². The molecule has 0 unspecified atom stereocenters. The van der Waals surface area contributed by atoms with E-state index in [-0.39, 0.29) is 11.3 Å². The fraction of sp³-hybridized carbons (Fsp3) is 0.286. The molecule has 3 rings (SSSR count). The summed E-state index contributed by atoms with van der Waals surface area (Å²) in [6.45, 7) is 2.63. The maximum atomic E-state index is 13.0. The van der Waals surface area contributed by atoms with Crippen molar-refractivity contribution in [1.82, 2.24) is 9.55 Å². The van der Waals surface area contributed by atoms with Crippen LogP contribution in [-0.4, -0.2) is 20.6 Å². The number of rotatable bonds is 7. The van der Waals surface area contributed by atoms with E-state index in [2.05, 4.69) is 17.2 Å². The summed E-state index contributed by atoms with van der Waals surface area (Å²) in [5.74, 6) is -0.930. The van der Waals surface area contributed by atoms with Crippen LogP contribution >= 0.6 is 0 Å². The number of nitrogens with one attached hydrogen (secondary N) is 1. The maximum Gasteiger partial charge on any atom is 0.267 e. The van der Waals surface area contributed by atoms with Crippen LogP contribution in [0.15, 0.2) is 53.6 Å². The number of carbonyl (C=O) groups excluding carboxylic acids is 1. The number of aromatic hydroxyl groups is 1. The molecule has 27 heavy (non-hydrogen) atoms. The van der Waals surface area contributed by atoms with E-state index in [0.717, 1.165) is 25.7 Å². The van der Waals surface area contributed by atoms with E-state index in [1.807, 2.05) is 6.07 Å². The van der Waals surface area contributed by atoms with Gasteiger partial charge in [-0.2, -0.15) is 0 Å². The van der Waals surface area contributed by atoms with Crippen LogP contribution in [0.3, 0.4) is 0 Å². The fourth-order valence-electron chi connectivity index (χ4n) is 3.14. The Hall–Kier alpha value is -3.15. The zero-order chi connectivity index (χ0) is 19.2. The van der Waals surface area contributed by atoms with Gasteiger partial charge in [-0.25, -0.2) is 0 Å². The number of aromatic nitrogens is 2. The molecule has 0 atom stereocenters. The summed E-state index contributed by atoms with van der Waals surface area (Å²) in [5, 5.41) is 13.7. The fourth-order valence-corrected chi connectivity index (χ4v) is 3.14. The van der Waals surface area contributed by atoms with Crippen LogP contribution in [0.4, 0.5) is 5.69 Å². The van der Waals surface area contributed by atoms with Crippen LogP contribution in [0.1, 0.15) is 43.0 Å². The van der Waals surface area contributed by atoms with Crippen molar-refractivity contribution in [1.29, 1.82) is 0 Å². The third kappa shape index (κ3) is 4.00. The van der Waals surface area contributed by atoms with Crippen LogP contribution in [0.25, 0.3) is 10.9 Å². The van der Waals surface area contributed by atoms with E-state index in [9.17, 15) is 14.7 Å². The number of amides is 1. The second-order valence-electron chi connectivity index (χ2n) is 6.45. The summed E-state index contributed by atoms with van der Waals surface area (Å²) in [7, 11) is 0. The Bertz CT molecular complexity index is 997. The van der Waals surface area contributed by atoms with Crippen molar-refractivity contribution in [3.8, 4) is 5.75 Å². The second-order valence-corrected chi connectivity index (χ2v) is 6.45. The molecule has 0 aliphatic heterocycles. The van der Waals surface area contributed by atoms with Gasteiger partial charge in [0.2, 0.25) is 0 Å². The number of unbranched alkanes of at least 4 members (excludes halogenated alkanes) is 3. The number of para-hydroxylation sites is 1. The molecule has 0 saturated carbocycles. The number of anilines is 1. The van der Waals surface area contributed by atoms with Crippen molar-refractivity contribution in [3.05, 3.63) is 64.7 Å². The smallest absolute Gasteiger partial charge is 0.267 e. The Morgan fingerprint density at radius 1 is 1.15 bits per heavy atom. The molecule has 1 aromatic carbocycles. The summed E-state index contributed by atoms with van der Waals surface area (Å²) >= 11 is 0. The highest BCUT2D eigenvalue weighted by Gasteiger charge is 2.22. The summed E-state index contributed by atoms with van der Waals surface area (Å²) in [5.41, 5.74) is 0.371. The van der Waals surface area contributed by atoms with Gasteiger partial charge >= 0.3 is 0 Å². The van der Waals surface area contributed by atoms with Gasteiger partial charge < -0.3 is 15.0 Å². The highest BCUT2D eigenvalue weighted by Crippen LogP contribution is 2.27. The van der Waals surface area contributed by atoms with Crippen molar-refractivity contribution in [2.24, 2.45) is 0 Å². The summed E-state index contributed by atoms with van der Waals surface area (Å²) in [6.07, 6.45) is 7.12. The molecule has 6 heteroatoms. The minimum Gasteiger partial charge on any atom is -0.506 e. The number of carbonyl (C=O) groups is 1. The first kappa shape index (κ1) is 18.6. The number of hydrogen-bond donors (Lipinski definition) is 2. The molecule has 1 amide bonds. The Balaban J connectivity index is 2.04. The van der Waals surface area contributed by atoms with Gasteiger partial charge in [0.15, 0.2) is 0 Å². The van der Waals surface area contributed by atoms with Crippen molar-refractivity contribution < 1.29 is 9.90 Å². The predicted octanol–water partition coefficient (Wildman–Crippen LogP) is 3.93. The first-order chi connectivity index (χ1) is 13.1. The first-order valence-corrected chi connectivity index (χ1v) is 9.19. The predicted molar refractivity (Wildman–Crippen MR) is 106 cm³/mol. The highest BCUT2D eigenvalue weighted by molar-refractivity contribution is 6.09. The Morgan fingerprint density at radius 3 is 2.70 bits per heavy atom. The molecule has 0 aliphatic rings. The molecule has 0 spiro atoms. The summed E-state index contributed by atoms with van der Waals surface area (Å²) in [6, 6.07) is 10.5. The van der Waals surface area contributed by atoms with Crippen molar-refractivity contribution in [2.75, 3.05) is 5.32 Å². The molecule has 2 N–H and O–H groups in total. The van der Waals surface area contributed by atoms with Crippen molar-refractivity contribution in [2.45, 2.75) is 39.2 Å². The van der Waals surface area contributed by atoms with Crippen LogP contribution in [0, 0.1) is 0 Å². The van der Waals surface area contributed by atoms with E-state index < -0.39 is 11.5 Å². The van der Waals surface area contributed by atoms with Gasteiger partial charge in [-0.1, -0.05) is 38.3 Å². The van der Waals surface area contributed by atoms with Crippen LogP contribution in [0.2, 0.25) is 0 Å². The van der Waals surface area contributed by atoms with E-state index >= 15 is 0 Å². The number of pyridine rings is 2. The van der Waals surface area contributed by atoms with Crippen molar-refractivity contribution in [3.63, 3.8) is 0 Å². The number of hydrogen-bond acceptors (Lipinski definition) is 4. The number of nitrogens with zero attached hydrogens (tertiary/aromatic N) is 2. The monoisotopic (exact) mass is 365 g/mol. The highest BCUT2D eigenvalue weighted by atomic mass is 16.3. The maximum absolute atomic E-state index is 13.0. The lowest BCUT2D eigenvalue weighted by molar-refractivity contribution is 0.102. The summed E-state index contributed by atoms with van der Waals surface area (Å²) in [4.78, 5) is 29.7. The molecule has 6 nitrogen and oxygen atoms in total. The van der Waals surface area contributed by atoms with E-state index in [1.54, 1.807) is 41.1 Å². The molecule has 140 valence electrons. The number of aryl methyl sites for hydroxylation is 1. The van der Waals surface area contributed by atoms with Gasteiger partial charge in [0.25, 0.3) is 11.5 Å². The average Bonchev–Trinajstić information content (AvgIpc) is 2.68. The van der Waals surface area contributed by atoms with E-state index in [0.29, 0.717) is 23.1 Å². The van der Waals surface area contributed by atoms with Gasteiger partial charge in [-0.3, -0.25) is 14.6 Å². The van der Waals surface area contributed by atoms with Crippen LogP contribution < -0.4 is 10.9 Å². The standard InChI is InChI=1S/C21H23N3O3/c1-2-3-4-7-13-24-17-11-6-5-10-16(17)19(25)18(21(24)27)20(26)23-15-9-8-12-22-14-15/h5-6,8-12,14,25H,2-4,7,13H2,1H3,(H,23,26). The normalized spacial score (nSPS) is 10.9.